The number of hydrogen-bond acceptors (Lipinski definition) is 2. The number of nitrogens with zero attached hydrogens (tertiary/aromatic N) is 1. The number of benzene rings is 1. The lowest BCUT2D eigenvalue weighted by atomic mass is 10.1. The van der Waals surface area contributed by atoms with Crippen LogP contribution in [0, 0.1) is 11.3 Å². The summed E-state index contributed by atoms with van der Waals surface area (Å²) in [4.78, 5) is 0. The van der Waals surface area contributed by atoms with E-state index in [2.05, 4.69) is 5.32 Å². The van der Waals surface area contributed by atoms with Crippen LogP contribution in [0.2, 0.25) is 0 Å². The number of nitriles is 1. The van der Waals surface area contributed by atoms with Gasteiger partial charge in [-0.15, -0.1) is 0 Å². The third kappa shape index (κ3) is 5.93. The second-order valence-electron chi connectivity index (χ2n) is 3.70. The molecule has 0 aromatic heterocycles. The Morgan fingerprint density at radius 1 is 1.24 bits per heavy atom. The Labute approximate surface area is 98.1 Å². The van der Waals surface area contributed by atoms with Gasteiger partial charge in [-0.1, -0.05) is 30.3 Å². The summed E-state index contributed by atoms with van der Waals surface area (Å²) in [5.41, 5.74) is 1.02. The summed E-state index contributed by atoms with van der Waals surface area (Å²) in [6, 6.07) is 10.4. The molecule has 0 saturated heterocycles. The van der Waals surface area contributed by atoms with Crippen LogP contribution in [0.4, 0.5) is 13.2 Å². The van der Waals surface area contributed by atoms with E-state index in [0.717, 1.165) is 5.56 Å². The lowest BCUT2D eigenvalue weighted by Crippen LogP contribution is -2.36. The molecule has 0 bridgehead atoms. The van der Waals surface area contributed by atoms with Gasteiger partial charge >= 0.3 is 6.18 Å². The van der Waals surface area contributed by atoms with E-state index in [4.69, 9.17) is 5.26 Å². The maximum atomic E-state index is 11.9. The first-order valence-corrected chi connectivity index (χ1v) is 5.25. The summed E-state index contributed by atoms with van der Waals surface area (Å²) in [5.74, 6) is 0. The maximum absolute atomic E-state index is 11.9. The highest BCUT2D eigenvalue weighted by Gasteiger charge is 2.27. The van der Waals surface area contributed by atoms with Gasteiger partial charge in [-0.05, 0) is 18.4 Å². The van der Waals surface area contributed by atoms with Crippen LogP contribution in [-0.4, -0.2) is 18.8 Å². The Balaban J connectivity index is 2.36. The van der Waals surface area contributed by atoms with Gasteiger partial charge in [-0.3, -0.25) is 5.32 Å². The molecule has 1 unspecified atom stereocenters. The lowest BCUT2D eigenvalue weighted by molar-refractivity contribution is -0.125. The van der Waals surface area contributed by atoms with Crippen molar-refractivity contribution in [1.82, 2.24) is 5.32 Å². The molecule has 0 aliphatic rings. The molecule has 0 saturated carbocycles. The quantitative estimate of drug-likeness (QED) is 0.861. The van der Waals surface area contributed by atoms with Crippen molar-refractivity contribution in [1.29, 1.82) is 5.26 Å². The standard InChI is InChI=1S/C12H13F3N2/c13-12(14,15)9-17-11(8-16)7-6-10-4-2-1-3-5-10/h1-5,11,17H,6-7,9H2. The average molecular weight is 242 g/mol. The van der Waals surface area contributed by atoms with E-state index in [-0.39, 0.29) is 0 Å². The molecule has 0 spiro atoms. The van der Waals surface area contributed by atoms with Gasteiger partial charge in [0.25, 0.3) is 0 Å². The normalized spacial score (nSPS) is 13.1. The number of nitrogens with one attached hydrogen (secondary N) is 1. The van der Waals surface area contributed by atoms with Crippen LogP contribution in [0.15, 0.2) is 30.3 Å². The van der Waals surface area contributed by atoms with Gasteiger partial charge in [0.05, 0.1) is 18.7 Å². The van der Waals surface area contributed by atoms with E-state index >= 15 is 0 Å². The molecule has 1 aromatic rings. The van der Waals surface area contributed by atoms with Crippen LogP contribution in [0.3, 0.4) is 0 Å². The van der Waals surface area contributed by atoms with E-state index < -0.39 is 18.8 Å². The molecular weight excluding hydrogens is 229 g/mol. The predicted octanol–water partition coefficient (Wildman–Crippen LogP) is 2.66. The van der Waals surface area contributed by atoms with Gasteiger partial charge in [-0.2, -0.15) is 18.4 Å². The molecule has 0 heterocycles. The van der Waals surface area contributed by atoms with Crippen molar-refractivity contribution < 1.29 is 13.2 Å². The summed E-state index contributed by atoms with van der Waals surface area (Å²) >= 11 is 0. The molecule has 1 N–H and O–H groups in total. The fourth-order valence-corrected chi connectivity index (χ4v) is 1.41. The smallest absolute Gasteiger partial charge is 0.294 e. The fourth-order valence-electron chi connectivity index (χ4n) is 1.41. The molecular formula is C12H13F3N2. The molecule has 5 heteroatoms. The van der Waals surface area contributed by atoms with Gasteiger partial charge in [-0.25, -0.2) is 0 Å². The number of rotatable bonds is 5. The first kappa shape index (κ1) is 13.5. The molecule has 0 aliphatic heterocycles. The SMILES string of the molecule is N#CC(CCc1ccccc1)NCC(F)(F)F. The largest absolute Gasteiger partial charge is 0.401 e. The Morgan fingerprint density at radius 2 is 1.88 bits per heavy atom. The highest BCUT2D eigenvalue weighted by Crippen LogP contribution is 2.13. The van der Waals surface area contributed by atoms with E-state index in [1.165, 1.54) is 0 Å². The van der Waals surface area contributed by atoms with Crippen LogP contribution in [0.5, 0.6) is 0 Å². The number of aryl methyl sites for hydroxylation is 1. The predicted molar refractivity (Wildman–Crippen MR) is 58.2 cm³/mol. The molecule has 17 heavy (non-hydrogen) atoms. The maximum Gasteiger partial charge on any atom is 0.401 e. The first-order valence-electron chi connectivity index (χ1n) is 5.25. The molecule has 0 fully saturated rings. The topological polar surface area (TPSA) is 35.8 Å². The summed E-state index contributed by atoms with van der Waals surface area (Å²) in [7, 11) is 0. The first-order chi connectivity index (χ1) is 8.01. The summed E-state index contributed by atoms with van der Waals surface area (Å²) in [6.07, 6.45) is -3.32. The van der Waals surface area contributed by atoms with Gasteiger partial charge in [0.1, 0.15) is 0 Å². The van der Waals surface area contributed by atoms with Crippen LogP contribution >= 0.6 is 0 Å². The van der Waals surface area contributed by atoms with Crippen LogP contribution in [-0.2, 0) is 6.42 Å². The van der Waals surface area contributed by atoms with Crippen LogP contribution in [0.1, 0.15) is 12.0 Å². The molecule has 0 radical (unpaired) electrons. The summed E-state index contributed by atoms with van der Waals surface area (Å²) in [5, 5.41) is 10.9. The van der Waals surface area contributed by atoms with Crippen molar-refractivity contribution >= 4 is 0 Å². The zero-order chi connectivity index (χ0) is 12.7. The van der Waals surface area contributed by atoms with Crippen LogP contribution < -0.4 is 5.32 Å². The molecule has 1 atom stereocenters. The van der Waals surface area contributed by atoms with Crippen LogP contribution in [0.25, 0.3) is 0 Å². The highest BCUT2D eigenvalue weighted by molar-refractivity contribution is 5.15. The van der Waals surface area contributed by atoms with Gasteiger partial charge in [0.15, 0.2) is 0 Å². The van der Waals surface area contributed by atoms with E-state index in [0.29, 0.717) is 12.8 Å². The zero-order valence-electron chi connectivity index (χ0n) is 9.17. The van der Waals surface area contributed by atoms with Gasteiger partial charge in [0, 0.05) is 0 Å². The average Bonchev–Trinajstić information content (AvgIpc) is 2.29. The zero-order valence-corrected chi connectivity index (χ0v) is 9.17. The Kier molecular flexibility index (Phi) is 4.98. The minimum absolute atomic E-state index is 0.372. The number of alkyl halides is 3. The molecule has 92 valence electrons. The second kappa shape index (κ2) is 6.26. The Hall–Kier alpha value is -1.54. The summed E-state index contributed by atoms with van der Waals surface area (Å²) < 4.78 is 35.8. The van der Waals surface area contributed by atoms with Crippen molar-refractivity contribution in [3.63, 3.8) is 0 Å². The molecule has 0 amide bonds. The molecule has 0 aliphatic carbocycles. The minimum atomic E-state index is -4.28. The molecule has 2 nitrogen and oxygen atoms in total. The van der Waals surface area contributed by atoms with Crippen molar-refractivity contribution in [2.75, 3.05) is 6.54 Å². The minimum Gasteiger partial charge on any atom is -0.294 e. The van der Waals surface area contributed by atoms with Gasteiger partial charge < -0.3 is 0 Å². The number of hydrogen-bond donors (Lipinski definition) is 1. The van der Waals surface area contributed by atoms with Crippen molar-refractivity contribution in [3.8, 4) is 6.07 Å². The van der Waals surface area contributed by atoms with E-state index in [9.17, 15) is 13.2 Å². The Bertz CT molecular complexity index is 368. The fraction of sp³-hybridized carbons (Fsp3) is 0.417. The van der Waals surface area contributed by atoms with E-state index in [1.54, 1.807) is 0 Å². The van der Waals surface area contributed by atoms with E-state index in [1.807, 2.05) is 36.4 Å². The second-order valence-corrected chi connectivity index (χ2v) is 3.70. The number of halogens is 3. The lowest BCUT2D eigenvalue weighted by Gasteiger charge is -2.13. The monoisotopic (exact) mass is 242 g/mol. The van der Waals surface area contributed by atoms with Crippen molar-refractivity contribution in [3.05, 3.63) is 35.9 Å². The highest BCUT2D eigenvalue weighted by atomic mass is 19.4. The summed E-state index contributed by atoms with van der Waals surface area (Å²) in [6.45, 7) is -1.12. The third-order valence-corrected chi connectivity index (χ3v) is 2.27. The molecule has 1 rings (SSSR count). The molecule has 1 aromatic carbocycles. The third-order valence-electron chi connectivity index (χ3n) is 2.27. The Morgan fingerprint density at radius 3 is 2.41 bits per heavy atom. The van der Waals surface area contributed by atoms with Crippen molar-refractivity contribution in [2.24, 2.45) is 0 Å². The van der Waals surface area contributed by atoms with Gasteiger partial charge in [0.2, 0.25) is 0 Å². The van der Waals surface area contributed by atoms with Crippen molar-refractivity contribution in [2.45, 2.75) is 25.1 Å².